The molecule has 1 atom stereocenters. The summed E-state index contributed by atoms with van der Waals surface area (Å²) in [5, 5.41) is 7.44. The number of hydrogen-bond acceptors (Lipinski definition) is 3. The van der Waals surface area contributed by atoms with Crippen molar-refractivity contribution in [3.05, 3.63) is 52.7 Å². The number of hydrogen-bond donors (Lipinski definition) is 1. The molecule has 20 heavy (non-hydrogen) atoms. The van der Waals surface area contributed by atoms with Crippen molar-refractivity contribution in [2.24, 2.45) is 5.92 Å². The van der Waals surface area contributed by atoms with Gasteiger partial charge in [-0.3, -0.25) is 4.79 Å². The first-order chi connectivity index (χ1) is 9.84. The van der Waals surface area contributed by atoms with E-state index in [2.05, 4.69) is 22.1 Å². The molecule has 2 aromatic rings. The summed E-state index contributed by atoms with van der Waals surface area (Å²) in [6.07, 6.45) is 0.936. The van der Waals surface area contributed by atoms with Crippen molar-refractivity contribution in [3.8, 4) is 0 Å². The van der Waals surface area contributed by atoms with Crippen LogP contribution in [0.15, 0.2) is 47.2 Å². The van der Waals surface area contributed by atoms with Gasteiger partial charge in [0.2, 0.25) is 5.91 Å². The summed E-state index contributed by atoms with van der Waals surface area (Å²) in [5.74, 6) is 0.334. The van der Waals surface area contributed by atoms with Crippen LogP contribution in [0.2, 0.25) is 0 Å². The van der Waals surface area contributed by atoms with Crippen LogP contribution in [0.5, 0.6) is 0 Å². The lowest BCUT2D eigenvalue weighted by Crippen LogP contribution is -2.36. The first kappa shape index (κ1) is 13.3. The predicted molar refractivity (Wildman–Crippen MR) is 82.9 cm³/mol. The summed E-state index contributed by atoms with van der Waals surface area (Å²) >= 11 is 1.67. The van der Waals surface area contributed by atoms with Crippen LogP contribution in [0.1, 0.15) is 12.0 Å². The second kappa shape index (κ2) is 6.20. The Kier molecular flexibility index (Phi) is 4.14. The van der Waals surface area contributed by atoms with E-state index in [0.717, 1.165) is 25.2 Å². The molecule has 1 saturated heterocycles. The Balaban J connectivity index is 1.84. The maximum atomic E-state index is 12.8. The van der Waals surface area contributed by atoms with E-state index in [1.807, 2.05) is 35.2 Å². The summed E-state index contributed by atoms with van der Waals surface area (Å²) < 4.78 is 0. The lowest BCUT2D eigenvalue weighted by Gasteiger charge is -2.25. The molecule has 0 radical (unpaired) electrons. The molecular formula is C16H18N2OS. The van der Waals surface area contributed by atoms with Gasteiger partial charge in [0.05, 0.1) is 12.5 Å². The van der Waals surface area contributed by atoms with E-state index < -0.39 is 0 Å². The maximum Gasteiger partial charge on any atom is 0.231 e. The lowest BCUT2D eigenvalue weighted by atomic mass is 10.1. The molecule has 3 nitrogen and oxygen atoms in total. The quantitative estimate of drug-likeness (QED) is 0.937. The number of nitrogens with zero attached hydrogens (tertiary/aromatic N) is 1. The smallest absolute Gasteiger partial charge is 0.231 e. The second-order valence-electron chi connectivity index (χ2n) is 5.08. The van der Waals surface area contributed by atoms with Gasteiger partial charge in [-0.05, 0) is 47.5 Å². The van der Waals surface area contributed by atoms with E-state index in [1.165, 1.54) is 5.56 Å². The van der Waals surface area contributed by atoms with Crippen LogP contribution in [-0.2, 0) is 11.3 Å². The van der Waals surface area contributed by atoms with Gasteiger partial charge >= 0.3 is 0 Å². The molecular weight excluding hydrogens is 268 g/mol. The fraction of sp³-hybridized carbons (Fsp3) is 0.312. The topological polar surface area (TPSA) is 32.3 Å². The highest BCUT2D eigenvalue weighted by Crippen LogP contribution is 2.22. The van der Waals surface area contributed by atoms with Gasteiger partial charge in [-0.2, -0.15) is 11.3 Å². The molecule has 1 aliphatic heterocycles. The van der Waals surface area contributed by atoms with E-state index in [-0.39, 0.29) is 11.8 Å². The standard InChI is InChI=1S/C16H18N2OS/c19-16(14-6-8-17-10-14)18(11-13-7-9-20-12-13)15-4-2-1-3-5-15/h1-5,7,9,12,14,17H,6,8,10-11H2. The zero-order valence-electron chi connectivity index (χ0n) is 11.3. The van der Waals surface area contributed by atoms with Crippen molar-refractivity contribution in [2.75, 3.05) is 18.0 Å². The molecule has 1 aromatic carbocycles. The third-order valence-corrected chi connectivity index (χ3v) is 4.40. The van der Waals surface area contributed by atoms with Crippen molar-refractivity contribution in [3.63, 3.8) is 0 Å². The molecule has 1 amide bonds. The summed E-state index contributed by atoms with van der Waals surface area (Å²) in [7, 11) is 0. The minimum atomic E-state index is 0.105. The normalized spacial score (nSPS) is 18.1. The Morgan fingerprint density at radius 1 is 1.30 bits per heavy atom. The number of anilines is 1. The monoisotopic (exact) mass is 286 g/mol. The number of carbonyl (C=O) groups is 1. The summed E-state index contributed by atoms with van der Waals surface area (Å²) in [5.41, 5.74) is 2.17. The summed E-state index contributed by atoms with van der Waals surface area (Å²) in [4.78, 5) is 14.7. The van der Waals surface area contributed by atoms with Crippen LogP contribution in [0.4, 0.5) is 5.69 Å². The van der Waals surface area contributed by atoms with E-state index in [1.54, 1.807) is 11.3 Å². The molecule has 4 heteroatoms. The number of para-hydroxylation sites is 1. The Morgan fingerprint density at radius 2 is 2.15 bits per heavy atom. The van der Waals surface area contributed by atoms with Crippen LogP contribution < -0.4 is 10.2 Å². The minimum absolute atomic E-state index is 0.105. The number of benzene rings is 1. The molecule has 2 heterocycles. The molecule has 1 aliphatic rings. The number of nitrogens with one attached hydrogen (secondary N) is 1. The molecule has 1 aromatic heterocycles. The molecule has 1 fully saturated rings. The first-order valence-corrected chi connectivity index (χ1v) is 7.87. The first-order valence-electron chi connectivity index (χ1n) is 6.93. The molecule has 0 spiro atoms. The zero-order valence-corrected chi connectivity index (χ0v) is 12.1. The summed E-state index contributed by atoms with van der Waals surface area (Å²) in [6.45, 7) is 2.39. The third-order valence-electron chi connectivity index (χ3n) is 3.66. The molecule has 104 valence electrons. The van der Waals surface area contributed by atoms with Gasteiger partial charge < -0.3 is 10.2 Å². The van der Waals surface area contributed by atoms with Crippen molar-refractivity contribution < 1.29 is 4.79 Å². The van der Waals surface area contributed by atoms with E-state index in [9.17, 15) is 4.79 Å². The van der Waals surface area contributed by atoms with Crippen molar-refractivity contribution in [1.29, 1.82) is 0 Å². The number of carbonyl (C=O) groups excluding carboxylic acids is 1. The van der Waals surface area contributed by atoms with E-state index in [4.69, 9.17) is 0 Å². The van der Waals surface area contributed by atoms with Crippen molar-refractivity contribution >= 4 is 22.9 Å². The highest BCUT2D eigenvalue weighted by atomic mass is 32.1. The van der Waals surface area contributed by atoms with Crippen LogP contribution in [-0.4, -0.2) is 19.0 Å². The molecule has 1 N–H and O–H groups in total. The van der Waals surface area contributed by atoms with Gasteiger partial charge in [0.15, 0.2) is 0 Å². The average Bonchev–Trinajstić information content (AvgIpc) is 3.18. The van der Waals surface area contributed by atoms with Crippen LogP contribution in [0.3, 0.4) is 0 Å². The zero-order chi connectivity index (χ0) is 13.8. The second-order valence-corrected chi connectivity index (χ2v) is 5.86. The Morgan fingerprint density at radius 3 is 2.80 bits per heavy atom. The van der Waals surface area contributed by atoms with Gasteiger partial charge in [0.1, 0.15) is 0 Å². The summed E-state index contributed by atoms with van der Waals surface area (Å²) in [6, 6.07) is 12.0. The predicted octanol–water partition coefficient (Wildman–Crippen LogP) is 2.89. The van der Waals surface area contributed by atoms with Gasteiger partial charge in [0, 0.05) is 12.2 Å². The Bertz CT molecular complexity index is 547. The fourth-order valence-electron chi connectivity index (χ4n) is 2.56. The maximum absolute atomic E-state index is 12.8. The molecule has 3 rings (SSSR count). The molecule has 0 aliphatic carbocycles. The van der Waals surface area contributed by atoms with Gasteiger partial charge in [-0.1, -0.05) is 18.2 Å². The van der Waals surface area contributed by atoms with Crippen LogP contribution in [0.25, 0.3) is 0 Å². The van der Waals surface area contributed by atoms with Crippen LogP contribution >= 0.6 is 11.3 Å². The van der Waals surface area contributed by atoms with E-state index in [0.29, 0.717) is 6.54 Å². The Labute approximate surface area is 123 Å². The highest BCUT2D eigenvalue weighted by molar-refractivity contribution is 7.07. The SMILES string of the molecule is O=C(C1CCNC1)N(Cc1ccsc1)c1ccccc1. The molecule has 1 unspecified atom stereocenters. The highest BCUT2D eigenvalue weighted by Gasteiger charge is 2.28. The largest absolute Gasteiger partial charge is 0.316 e. The number of rotatable bonds is 4. The fourth-order valence-corrected chi connectivity index (χ4v) is 3.22. The average molecular weight is 286 g/mol. The molecule has 0 saturated carbocycles. The van der Waals surface area contributed by atoms with Gasteiger partial charge in [0.25, 0.3) is 0 Å². The number of thiophene rings is 1. The van der Waals surface area contributed by atoms with Gasteiger partial charge in [-0.15, -0.1) is 0 Å². The Hall–Kier alpha value is -1.65. The van der Waals surface area contributed by atoms with Crippen molar-refractivity contribution in [1.82, 2.24) is 5.32 Å². The van der Waals surface area contributed by atoms with E-state index >= 15 is 0 Å². The minimum Gasteiger partial charge on any atom is -0.316 e. The van der Waals surface area contributed by atoms with Crippen LogP contribution in [0, 0.1) is 5.92 Å². The third kappa shape index (κ3) is 2.92. The van der Waals surface area contributed by atoms with Crippen molar-refractivity contribution in [2.45, 2.75) is 13.0 Å². The number of amides is 1. The van der Waals surface area contributed by atoms with Gasteiger partial charge in [-0.25, -0.2) is 0 Å². The molecule has 0 bridgehead atoms. The lowest BCUT2D eigenvalue weighted by molar-refractivity contribution is -0.122.